The van der Waals surface area contributed by atoms with Crippen molar-refractivity contribution >= 4 is 34.9 Å². The van der Waals surface area contributed by atoms with Gasteiger partial charge in [-0.3, -0.25) is 4.79 Å². The first-order chi connectivity index (χ1) is 8.60. The summed E-state index contributed by atoms with van der Waals surface area (Å²) in [7, 11) is 0. The molecule has 0 spiro atoms. The van der Waals surface area contributed by atoms with Gasteiger partial charge in [-0.25, -0.2) is 9.97 Å². The Balaban J connectivity index is 2.21. The highest BCUT2D eigenvalue weighted by atomic mass is 35.5. The van der Waals surface area contributed by atoms with Gasteiger partial charge in [0.1, 0.15) is 11.5 Å². The first kappa shape index (κ1) is 12.9. The maximum absolute atomic E-state index is 12.0. The minimum Gasteiger partial charge on any atom is -0.342 e. The topological polar surface area (TPSA) is 59.8 Å². The number of hydrogen-bond donors (Lipinski definition) is 1. The first-order valence-corrected chi connectivity index (χ1v) is 6.01. The summed E-state index contributed by atoms with van der Waals surface area (Å²) in [6, 6.07) is 3.16. The second-order valence-electron chi connectivity index (χ2n) is 3.49. The molecule has 0 aliphatic heterocycles. The van der Waals surface area contributed by atoms with Gasteiger partial charge in [0.15, 0.2) is 0 Å². The monoisotopic (exact) mass is 284 g/mol. The van der Waals surface area contributed by atoms with Crippen LogP contribution in [0.2, 0.25) is 10.3 Å². The fourth-order valence-electron chi connectivity index (χ4n) is 1.51. The van der Waals surface area contributed by atoms with Crippen LogP contribution in [-0.2, 0) is 6.54 Å². The van der Waals surface area contributed by atoms with Gasteiger partial charge in [0.05, 0.1) is 5.02 Å². The molecule has 0 saturated heterocycles. The second kappa shape index (κ2) is 5.37. The van der Waals surface area contributed by atoms with E-state index in [9.17, 15) is 4.79 Å². The van der Waals surface area contributed by atoms with E-state index in [1.807, 2.05) is 6.92 Å². The lowest BCUT2D eigenvalue weighted by atomic mass is 10.4. The lowest BCUT2D eigenvalue weighted by Gasteiger charge is -2.06. The maximum Gasteiger partial charge on any atom is 0.273 e. The Morgan fingerprint density at radius 1 is 1.50 bits per heavy atom. The Morgan fingerprint density at radius 3 is 2.94 bits per heavy atom. The van der Waals surface area contributed by atoms with Gasteiger partial charge in [0.25, 0.3) is 5.91 Å². The highest BCUT2D eigenvalue weighted by molar-refractivity contribution is 6.31. The number of anilines is 1. The van der Waals surface area contributed by atoms with Gasteiger partial charge in [-0.15, -0.1) is 0 Å². The zero-order valence-electron chi connectivity index (χ0n) is 9.52. The van der Waals surface area contributed by atoms with E-state index < -0.39 is 0 Å². The molecular weight excluding hydrogens is 275 g/mol. The lowest BCUT2D eigenvalue weighted by Crippen LogP contribution is -2.17. The minimum absolute atomic E-state index is 0.0803. The quantitative estimate of drug-likeness (QED) is 0.882. The van der Waals surface area contributed by atoms with E-state index in [4.69, 9.17) is 23.2 Å². The van der Waals surface area contributed by atoms with Crippen LogP contribution in [0.4, 0.5) is 5.82 Å². The molecule has 1 N–H and O–H groups in total. The van der Waals surface area contributed by atoms with E-state index in [-0.39, 0.29) is 11.2 Å². The van der Waals surface area contributed by atoms with Crippen LogP contribution in [0.5, 0.6) is 0 Å². The van der Waals surface area contributed by atoms with Crippen LogP contribution in [0, 0.1) is 0 Å². The molecule has 1 amide bonds. The summed E-state index contributed by atoms with van der Waals surface area (Å²) in [5.74, 6) is 0.0542. The molecule has 0 aliphatic carbocycles. The molecule has 18 heavy (non-hydrogen) atoms. The number of carbonyl (C=O) groups is 1. The number of aryl methyl sites for hydroxylation is 1. The van der Waals surface area contributed by atoms with Crippen molar-refractivity contribution in [3.63, 3.8) is 0 Å². The van der Waals surface area contributed by atoms with Gasteiger partial charge in [-0.05, 0) is 30.7 Å². The predicted octanol–water partition coefficient (Wildman–Crippen LogP) is 2.86. The lowest BCUT2D eigenvalue weighted by molar-refractivity contribution is 0.101. The number of nitrogens with zero attached hydrogens (tertiary/aromatic N) is 3. The highest BCUT2D eigenvalue weighted by Gasteiger charge is 2.13. The third-order valence-electron chi connectivity index (χ3n) is 2.30. The first-order valence-electron chi connectivity index (χ1n) is 5.25. The number of aromatic nitrogens is 3. The van der Waals surface area contributed by atoms with Gasteiger partial charge in [-0.2, -0.15) is 0 Å². The molecule has 5 nitrogen and oxygen atoms in total. The third-order valence-corrected chi connectivity index (χ3v) is 2.69. The largest absolute Gasteiger partial charge is 0.342 e. The summed E-state index contributed by atoms with van der Waals surface area (Å²) < 4.78 is 1.75. The molecule has 94 valence electrons. The number of carbonyl (C=O) groups excluding carboxylic acids is 1. The molecule has 0 saturated carbocycles. The summed E-state index contributed by atoms with van der Waals surface area (Å²) in [5.41, 5.74) is 0.470. The van der Waals surface area contributed by atoms with Crippen molar-refractivity contribution in [3.05, 3.63) is 40.5 Å². The van der Waals surface area contributed by atoms with E-state index in [1.165, 1.54) is 6.20 Å². The van der Waals surface area contributed by atoms with Crippen molar-refractivity contribution in [2.75, 3.05) is 5.32 Å². The minimum atomic E-state index is -0.293. The fourth-order valence-corrected chi connectivity index (χ4v) is 1.88. The molecule has 0 bridgehead atoms. The Labute approximate surface area is 114 Å². The Hall–Kier alpha value is -1.59. The maximum atomic E-state index is 12.0. The summed E-state index contributed by atoms with van der Waals surface area (Å²) >= 11 is 11.5. The number of halogens is 2. The summed E-state index contributed by atoms with van der Waals surface area (Å²) in [6.45, 7) is 2.58. The molecule has 0 unspecified atom stereocenters. The van der Waals surface area contributed by atoms with E-state index >= 15 is 0 Å². The van der Waals surface area contributed by atoms with Crippen LogP contribution in [0.15, 0.2) is 24.5 Å². The molecule has 0 aliphatic rings. The van der Waals surface area contributed by atoms with Crippen molar-refractivity contribution in [3.8, 4) is 0 Å². The molecule has 0 aromatic carbocycles. The molecule has 0 radical (unpaired) electrons. The van der Waals surface area contributed by atoms with Gasteiger partial charge in [-0.1, -0.05) is 11.6 Å². The number of hydrogen-bond acceptors (Lipinski definition) is 3. The van der Waals surface area contributed by atoms with E-state index in [0.717, 1.165) is 0 Å². The summed E-state index contributed by atoms with van der Waals surface area (Å²) in [5, 5.41) is 3.23. The second-order valence-corrected chi connectivity index (χ2v) is 4.27. The van der Waals surface area contributed by atoms with Crippen LogP contribution in [0.1, 0.15) is 17.4 Å². The predicted molar refractivity (Wildman–Crippen MR) is 70.1 cm³/mol. The number of nitrogens with one attached hydrogen (secondary N) is 1. The van der Waals surface area contributed by atoms with Gasteiger partial charge >= 0.3 is 0 Å². The van der Waals surface area contributed by atoms with Crippen LogP contribution in [0.3, 0.4) is 0 Å². The molecule has 2 aromatic heterocycles. The zero-order chi connectivity index (χ0) is 13.1. The van der Waals surface area contributed by atoms with Crippen molar-refractivity contribution in [2.24, 2.45) is 0 Å². The molecular formula is C11H10Cl2N4O. The smallest absolute Gasteiger partial charge is 0.273 e. The molecule has 7 heteroatoms. The van der Waals surface area contributed by atoms with E-state index in [1.54, 1.807) is 22.9 Å². The van der Waals surface area contributed by atoms with Crippen molar-refractivity contribution in [1.29, 1.82) is 0 Å². The Kier molecular flexibility index (Phi) is 3.84. The summed E-state index contributed by atoms with van der Waals surface area (Å²) in [6.07, 6.45) is 3.17. The highest BCUT2D eigenvalue weighted by Crippen LogP contribution is 2.15. The van der Waals surface area contributed by atoms with Crippen molar-refractivity contribution in [1.82, 2.24) is 14.5 Å². The van der Waals surface area contributed by atoms with Gasteiger partial charge in [0.2, 0.25) is 5.28 Å². The normalized spacial score (nSPS) is 10.4. The summed E-state index contributed by atoms with van der Waals surface area (Å²) in [4.78, 5) is 19.6. The van der Waals surface area contributed by atoms with Crippen LogP contribution in [0.25, 0.3) is 0 Å². The average molecular weight is 285 g/mol. The molecule has 2 rings (SSSR count). The average Bonchev–Trinajstić information content (AvgIpc) is 2.70. The zero-order valence-corrected chi connectivity index (χ0v) is 11.0. The molecule has 2 heterocycles. The van der Waals surface area contributed by atoms with Crippen molar-refractivity contribution in [2.45, 2.75) is 13.5 Å². The standard InChI is InChI=1S/C11H10Cl2N4O/c1-2-17-6-7(12)5-8(17)10(18)15-9-3-4-14-11(13)16-9/h3-6H,2H2,1H3,(H,14,15,16,18). The number of rotatable bonds is 3. The Morgan fingerprint density at radius 2 is 2.28 bits per heavy atom. The van der Waals surface area contributed by atoms with E-state index in [2.05, 4.69) is 15.3 Å². The number of amides is 1. The van der Waals surface area contributed by atoms with Crippen LogP contribution >= 0.6 is 23.2 Å². The SMILES string of the molecule is CCn1cc(Cl)cc1C(=O)Nc1ccnc(Cl)n1. The molecule has 0 fully saturated rings. The van der Waals surface area contributed by atoms with Gasteiger partial charge < -0.3 is 9.88 Å². The van der Waals surface area contributed by atoms with Crippen LogP contribution < -0.4 is 5.32 Å². The Bertz CT molecular complexity index is 582. The van der Waals surface area contributed by atoms with Gasteiger partial charge in [0, 0.05) is 18.9 Å². The van der Waals surface area contributed by atoms with Crippen LogP contribution in [-0.4, -0.2) is 20.4 Å². The van der Waals surface area contributed by atoms with Crippen molar-refractivity contribution < 1.29 is 4.79 Å². The molecule has 0 atom stereocenters. The molecule has 2 aromatic rings. The third kappa shape index (κ3) is 2.80. The fraction of sp³-hybridized carbons (Fsp3) is 0.182. The van der Waals surface area contributed by atoms with E-state index in [0.29, 0.717) is 23.1 Å².